The molecule has 0 aliphatic heterocycles. The van der Waals surface area contributed by atoms with Crippen molar-refractivity contribution in [1.29, 1.82) is 0 Å². The molecule has 1 heterocycles. The fraction of sp³-hybridized carbons (Fsp3) is 0.615. The SMILES string of the molecule is CCOC(=O)c1psc(C(C)(C)C)c1C(=O)OCC. The van der Waals surface area contributed by atoms with E-state index >= 15 is 0 Å². The molecule has 0 saturated carbocycles. The van der Waals surface area contributed by atoms with Gasteiger partial charge in [0.15, 0.2) is 0 Å². The lowest BCUT2D eigenvalue weighted by atomic mass is 9.91. The summed E-state index contributed by atoms with van der Waals surface area (Å²) in [5, 5.41) is 0.398. The predicted octanol–water partition coefficient (Wildman–Crippen LogP) is 3.98. The first-order chi connectivity index (χ1) is 8.82. The Hall–Kier alpha value is -0.930. The van der Waals surface area contributed by atoms with Gasteiger partial charge in [0.25, 0.3) is 0 Å². The maximum Gasteiger partial charge on any atom is 0.344 e. The maximum atomic E-state index is 12.1. The van der Waals surface area contributed by atoms with Crippen LogP contribution in [0.1, 0.15) is 59.9 Å². The lowest BCUT2D eigenvalue weighted by Crippen LogP contribution is -2.18. The molecule has 106 valence electrons. The first-order valence-corrected chi connectivity index (χ1v) is 8.48. The van der Waals surface area contributed by atoms with Gasteiger partial charge in [-0.15, -0.1) is 10.9 Å². The van der Waals surface area contributed by atoms with Crippen molar-refractivity contribution in [3.05, 3.63) is 15.7 Å². The summed E-state index contributed by atoms with van der Waals surface area (Å²) in [5.74, 6) is -0.869. The molecule has 0 aromatic carbocycles. The minimum atomic E-state index is -0.437. The smallest absolute Gasteiger partial charge is 0.344 e. The summed E-state index contributed by atoms with van der Waals surface area (Å²) in [6.45, 7) is 10.1. The highest BCUT2D eigenvalue weighted by atomic mass is 32.5. The third-order valence-electron chi connectivity index (χ3n) is 2.32. The molecule has 0 aliphatic carbocycles. The molecule has 0 unspecified atom stereocenters. The number of carbonyl (C=O) groups is 2. The predicted molar refractivity (Wildman–Crippen MR) is 77.4 cm³/mol. The molecule has 1 aromatic rings. The van der Waals surface area contributed by atoms with E-state index < -0.39 is 11.9 Å². The molecular weight excluding hydrogens is 283 g/mol. The van der Waals surface area contributed by atoms with E-state index in [0.29, 0.717) is 17.5 Å². The molecule has 1 aromatic heterocycles. The Kier molecular flexibility index (Phi) is 5.50. The average molecular weight is 302 g/mol. The molecule has 4 nitrogen and oxygen atoms in total. The summed E-state index contributed by atoms with van der Waals surface area (Å²) in [6, 6.07) is 0. The normalized spacial score (nSPS) is 11.6. The molecular formula is C13H19O4PS. The van der Waals surface area contributed by atoms with Gasteiger partial charge in [0.05, 0.1) is 18.8 Å². The van der Waals surface area contributed by atoms with Crippen molar-refractivity contribution in [3.63, 3.8) is 0 Å². The van der Waals surface area contributed by atoms with Crippen LogP contribution >= 0.6 is 18.3 Å². The first-order valence-electron chi connectivity index (χ1n) is 6.17. The number of hydrogen-bond donors (Lipinski definition) is 0. The van der Waals surface area contributed by atoms with Gasteiger partial charge in [-0.2, -0.15) is 0 Å². The molecule has 0 saturated heterocycles. The van der Waals surface area contributed by atoms with Crippen molar-refractivity contribution in [2.75, 3.05) is 13.2 Å². The third-order valence-corrected chi connectivity index (χ3v) is 5.37. The van der Waals surface area contributed by atoms with Crippen molar-refractivity contribution < 1.29 is 19.1 Å². The van der Waals surface area contributed by atoms with Crippen LogP contribution in [-0.2, 0) is 14.9 Å². The quantitative estimate of drug-likeness (QED) is 0.789. The molecule has 0 spiro atoms. The summed E-state index contributed by atoms with van der Waals surface area (Å²) < 4.78 is 10.1. The van der Waals surface area contributed by atoms with Gasteiger partial charge in [0, 0.05) is 12.2 Å². The minimum absolute atomic E-state index is 0.200. The second kappa shape index (κ2) is 6.49. The number of rotatable bonds is 4. The molecule has 0 atom stereocenters. The van der Waals surface area contributed by atoms with E-state index in [9.17, 15) is 9.59 Å². The Morgan fingerprint density at radius 2 is 1.63 bits per heavy atom. The molecule has 19 heavy (non-hydrogen) atoms. The monoisotopic (exact) mass is 302 g/mol. The third kappa shape index (κ3) is 3.77. The fourth-order valence-corrected chi connectivity index (χ4v) is 4.92. The van der Waals surface area contributed by atoms with Crippen molar-refractivity contribution >= 4 is 30.3 Å². The van der Waals surface area contributed by atoms with Crippen LogP contribution in [0, 0.1) is 0 Å². The molecule has 0 fully saturated rings. The van der Waals surface area contributed by atoms with Crippen molar-refractivity contribution in [3.8, 4) is 0 Å². The highest BCUT2D eigenvalue weighted by molar-refractivity contribution is 7.81. The topological polar surface area (TPSA) is 52.6 Å². The second-order valence-corrected chi connectivity index (χ2v) is 7.24. The van der Waals surface area contributed by atoms with Gasteiger partial charge in [-0.1, -0.05) is 20.8 Å². The van der Waals surface area contributed by atoms with Crippen LogP contribution in [0.15, 0.2) is 0 Å². The summed E-state index contributed by atoms with van der Waals surface area (Å²) in [5.41, 5.74) is 0.188. The molecule has 6 heteroatoms. The van der Waals surface area contributed by atoms with Crippen molar-refractivity contribution in [1.82, 2.24) is 0 Å². The summed E-state index contributed by atoms with van der Waals surface area (Å²) >= 11 is 0. The largest absolute Gasteiger partial charge is 0.462 e. The Bertz CT molecular complexity index is 473. The zero-order valence-corrected chi connectivity index (χ0v) is 13.6. The standard InChI is InChI=1S/C13H19O4PS/c1-6-16-11(14)8-9(12(15)17-7-2)18-19-10(8)13(3,4)5/h6-7H2,1-5H3. The fourth-order valence-electron chi connectivity index (χ4n) is 1.53. The zero-order valence-electron chi connectivity index (χ0n) is 11.9. The highest BCUT2D eigenvalue weighted by Gasteiger charge is 2.31. The van der Waals surface area contributed by atoms with E-state index in [1.807, 2.05) is 20.8 Å². The lowest BCUT2D eigenvalue weighted by Gasteiger charge is -2.18. The lowest BCUT2D eigenvalue weighted by molar-refractivity contribution is 0.0482. The Balaban J connectivity index is 3.30. The van der Waals surface area contributed by atoms with E-state index in [0.717, 1.165) is 12.2 Å². The Morgan fingerprint density at radius 3 is 2.11 bits per heavy atom. The number of hydrogen-bond acceptors (Lipinski definition) is 5. The number of carbonyl (C=O) groups excluding carboxylic acids is 2. The van der Waals surface area contributed by atoms with E-state index in [2.05, 4.69) is 0 Å². The van der Waals surface area contributed by atoms with Gasteiger partial charge in [0.1, 0.15) is 5.30 Å². The summed E-state index contributed by atoms with van der Waals surface area (Å²) in [6.07, 6.45) is 0. The molecule has 0 amide bonds. The van der Waals surface area contributed by atoms with Crippen LogP contribution in [0.3, 0.4) is 0 Å². The first kappa shape index (κ1) is 16.1. The highest BCUT2D eigenvalue weighted by Crippen LogP contribution is 2.41. The minimum Gasteiger partial charge on any atom is -0.462 e. The van der Waals surface area contributed by atoms with E-state index in [-0.39, 0.29) is 12.0 Å². The van der Waals surface area contributed by atoms with E-state index in [4.69, 9.17) is 9.47 Å². The van der Waals surface area contributed by atoms with Crippen LogP contribution in [-0.4, -0.2) is 25.2 Å². The van der Waals surface area contributed by atoms with Gasteiger partial charge in [-0.25, -0.2) is 9.59 Å². The van der Waals surface area contributed by atoms with Crippen LogP contribution in [0.2, 0.25) is 0 Å². The molecule has 1 rings (SSSR count). The zero-order chi connectivity index (χ0) is 14.6. The molecule has 0 aliphatic rings. The van der Waals surface area contributed by atoms with E-state index in [1.54, 1.807) is 13.8 Å². The van der Waals surface area contributed by atoms with Crippen LogP contribution < -0.4 is 0 Å². The summed E-state index contributed by atoms with van der Waals surface area (Å²) in [7, 11) is 2.23. The van der Waals surface area contributed by atoms with Crippen molar-refractivity contribution in [2.24, 2.45) is 0 Å². The number of esters is 2. The van der Waals surface area contributed by atoms with Crippen LogP contribution in [0.4, 0.5) is 0 Å². The van der Waals surface area contributed by atoms with Gasteiger partial charge < -0.3 is 9.47 Å². The molecule has 0 N–H and O–H groups in total. The van der Waals surface area contributed by atoms with Gasteiger partial charge >= 0.3 is 11.9 Å². The number of ether oxygens (including phenoxy) is 2. The van der Waals surface area contributed by atoms with Crippen LogP contribution in [0.25, 0.3) is 0 Å². The molecule has 0 bridgehead atoms. The van der Waals surface area contributed by atoms with Gasteiger partial charge in [0.2, 0.25) is 0 Å². The molecule has 0 radical (unpaired) electrons. The summed E-state index contributed by atoms with van der Waals surface area (Å²) in [4.78, 5) is 24.9. The van der Waals surface area contributed by atoms with Crippen LogP contribution in [0.5, 0.6) is 0 Å². The van der Waals surface area contributed by atoms with E-state index in [1.165, 1.54) is 10.9 Å². The van der Waals surface area contributed by atoms with Crippen molar-refractivity contribution in [2.45, 2.75) is 40.0 Å². The van der Waals surface area contributed by atoms with Gasteiger partial charge in [-0.3, -0.25) is 0 Å². The second-order valence-electron chi connectivity index (χ2n) is 4.93. The average Bonchev–Trinajstić information content (AvgIpc) is 2.73. The van der Waals surface area contributed by atoms with Gasteiger partial charge in [-0.05, 0) is 19.3 Å². The Morgan fingerprint density at radius 1 is 1.11 bits per heavy atom. The maximum absolute atomic E-state index is 12.1. The Labute approximate surface area is 119 Å².